The first-order chi connectivity index (χ1) is 10.6. The Morgan fingerprint density at radius 2 is 1.95 bits per heavy atom. The van der Waals surface area contributed by atoms with Crippen molar-refractivity contribution in [2.75, 3.05) is 32.7 Å². The number of aliphatic carboxylic acids is 1. The Morgan fingerprint density at radius 3 is 2.64 bits per heavy atom. The summed E-state index contributed by atoms with van der Waals surface area (Å²) in [6.07, 6.45) is 0.912. The second-order valence-electron chi connectivity index (χ2n) is 5.93. The fourth-order valence-corrected chi connectivity index (χ4v) is 2.80. The number of hydrogen-bond acceptors (Lipinski definition) is 4. The van der Waals surface area contributed by atoms with Crippen molar-refractivity contribution in [3.63, 3.8) is 0 Å². The first kappa shape index (κ1) is 16.6. The highest BCUT2D eigenvalue weighted by Crippen LogP contribution is 2.16. The normalized spacial score (nSPS) is 17.7. The summed E-state index contributed by atoms with van der Waals surface area (Å²) in [5.74, 6) is -1.48. The molecule has 0 amide bonds. The Labute approximate surface area is 131 Å². The average Bonchev–Trinajstić information content (AvgIpc) is 2.75. The number of benzene rings is 1. The topological polar surface area (TPSA) is 69.6 Å². The Bertz CT molecular complexity index is 505. The minimum Gasteiger partial charge on any atom is -0.481 e. The lowest BCUT2D eigenvalue weighted by Crippen LogP contribution is -2.36. The van der Waals surface area contributed by atoms with Crippen molar-refractivity contribution in [1.29, 1.82) is 0 Å². The first-order valence-electron chi connectivity index (χ1n) is 7.82. The highest BCUT2D eigenvalue weighted by atomic mass is 16.4. The van der Waals surface area contributed by atoms with Crippen molar-refractivity contribution >= 4 is 11.8 Å². The summed E-state index contributed by atoms with van der Waals surface area (Å²) in [5, 5.41) is 12.4. The van der Waals surface area contributed by atoms with E-state index in [0.29, 0.717) is 12.1 Å². The number of ketones is 1. The predicted octanol–water partition coefficient (Wildman–Crippen LogP) is 1.56. The van der Waals surface area contributed by atoms with Crippen molar-refractivity contribution in [3.8, 4) is 0 Å². The molecule has 1 heterocycles. The highest BCUT2D eigenvalue weighted by molar-refractivity contribution is 5.99. The van der Waals surface area contributed by atoms with E-state index in [-0.39, 0.29) is 12.2 Å². The number of Topliss-reactive ketones (excluding diaryl/α,β-unsaturated/α-hetero) is 1. The third-order valence-electron chi connectivity index (χ3n) is 4.04. The van der Waals surface area contributed by atoms with Gasteiger partial charge < -0.3 is 15.3 Å². The standard InChI is InChI=1S/C17H24N2O3/c1-13-3-5-14(6-4-13)17(22)15(11-16(20)21)12-19-9-2-7-18-8-10-19/h3-6,15,18H,2,7-12H2,1H3,(H,20,21). The van der Waals surface area contributed by atoms with E-state index < -0.39 is 11.9 Å². The summed E-state index contributed by atoms with van der Waals surface area (Å²) in [5.41, 5.74) is 1.69. The van der Waals surface area contributed by atoms with E-state index in [1.807, 2.05) is 19.1 Å². The molecular weight excluding hydrogens is 280 g/mol. The summed E-state index contributed by atoms with van der Waals surface area (Å²) in [4.78, 5) is 26.0. The number of nitrogens with one attached hydrogen (secondary N) is 1. The number of aryl methyl sites for hydroxylation is 1. The van der Waals surface area contributed by atoms with E-state index in [2.05, 4.69) is 10.2 Å². The van der Waals surface area contributed by atoms with Gasteiger partial charge in [0, 0.05) is 31.1 Å². The minimum absolute atomic E-state index is 0.0698. The van der Waals surface area contributed by atoms with Crippen LogP contribution in [0.2, 0.25) is 0 Å². The Kier molecular flexibility index (Phi) is 6.10. The molecule has 5 nitrogen and oxygen atoms in total. The van der Waals surface area contributed by atoms with Gasteiger partial charge in [-0.1, -0.05) is 29.8 Å². The predicted molar refractivity (Wildman–Crippen MR) is 85.2 cm³/mol. The molecule has 2 rings (SSSR count). The van der Waals surface area contributed by atoms with Gasteiger partial charge in [-0.2, -0.15) is 0 Å². The molecule has 0 radical (unpaired) electrons. The van der Waals surface area contributed by atoms with Crippen LogP contribution in [0.1, 0.15) is 28.8 Å². The molecule has 1 fully saturated rings. The second-order valence-corrected chi connectivity index (χ2v) is 5.93. The van der Waals surface area contributed by atoms with E-state index in [1.165, 1.54) is 0 Å². The third kappa shape index (κ3) is 4.93. The number of carbonyl (C=O) groups excluding carboxylic acids is 1. The molecule has 0 aromatic heterocycles. The van der Waals surface area contributed by atoms with Crippen LogP contribution < -0.4 is 5.32 Å². The van der Waals surface area contributed by atoms with Gasteiger partial charge in [0.25, 0.3) is 0 Å². The van der Waals surface area contributed by atoms with Crippen molar-refractivity contribution in [2.24, 2.45) is 5.92 Å². The maximum atomic E-state index is 12.6. The van der Waals surface area contributed by atoms with Crippen molar-refractivity contribution in [3.05, 3.63) is 35.4 Å². The van der Waals surface area contributed by atoms with Gasteiger partial charge in [0.2, 0.25) is 0 Å². The molecule has 1 atom stereocenters. The largest absolute Gasteiger partial charge is 0.481 e. The van der Waals surface area contributed by atoms with E-state index >= 15 is 0 Å². The molecular formula is C17H24N2O3. The van der Waals surface area contributed by atoms with Crippen LogP contribution in [0.4, 0.5) is 0 Å². The maximum Gasteiger partial charge on any atom is 0.304 e. The quantitative estimate of drug-likeness (QED) is 0.781. The lowest BCUT2D eigenvalue weighted by atomic mass is 9.93. The van der Waals surface area contributed by atoms with Crippen molar-refractivity contribution in [1.82, 2.24) is 10.2 Å². The number of nitrogens with zero attached hydrogens (tertiary/aromatic N) is 1. The summed E-state index contributed by atoms with van der Waals surface area (Å²) in [6.45, 7) is 6.11. The van der Waals surface area contributed by atoms with Crippen molar-refractivity contribution in [2.45, 2.75) is 19.8 Å². The van der Waals surface area contributed by atoms with Gasteiger partial charge in [0.15, 0.2) is 5.78 Å². The van der Waals surface area contributed by atoms with Crippen LogP contribution in [0.25, 0.3) is 0 Å². The SMILES string of the molecule is Cc1ccc(C(=O)C(CC(=O)O)CN2CCCNCC2)cc1. The zero-order chi connectivity index (χ0) is 15.9. The van der Waals surface area contributed by atoms with Crippen LogP contribution in [-0.4, -0.2) is 54.5 Å². The lowest BCUT2D eigenvalue weighted by molar-refractivity contribution is -0.137. The molecule has 2 N–H and O–H groups in total. The van der Waals surface area contributed by atoms with Gasteiger partial charge in [-0.05, 0) is 26.4 Å². The van der Waals surface area contributed by atoms with Crippen LogP contribution in [0, 0.1) is 12.8 Å². The molecule has 0 spiro atoms. The fraction of sp³-hybridized carbons (Fsp3) is 0.529. The smallest absolute Gasteiger partial charge is 0.304 e. The van der Waals surface area contributed by atoms with Crippen LogP contribution in [0.5, 0.6) is 0 Å². The zero-order valence-corrected chi connectivity index (χ0v) is 13.0. The van der Waals surface area contributed by atoms with E-state index in [4.69, 9.17) is 5.11 Å². The molecule has 0 bridgehead atoms. The van der Waals surface area contributed by atoms with Crippen molar-refractivity contribution < 1.29 is 14.7 Å². The number of hydrogen-bond donors (Lipinski definition) is 2. The molecule has 120 valence electrons. The molecule has 1 aromatic carbocycles. The van der Waals surface area contributed by atoms with Gasteiger partial charge in [-0.25, -0.2) is 0 Å². The minimum atomic E-state index is -0.918. The second kappa shape index (κ2) is 8.06. The molecule has 1 unspecified atom stereocenters. The highest BCUT2D eigenvalue weighted by Gasteiger charge is 2.25. The van der Waals surface area contributed by atoms with E-state index in [1.54, 1.807) is 12.1 Å². The Morgan fingerprint density at radius 1 is 1.23 bits per heavy atom. The van der Waals surface area contributed by atoms with Crippen LogP contribution >= 0.6 is 0 Å². The molecule has 5 heteroatoms. The molecule has 1 aromatic rings. The lowest BCUT2D eigenvalue weighted by Gasteiger charge is -2.24. The van der Waals surface area contributed by atoms with E-state index in [0.717, 1.165) is 38.2 Å². The molecule has 1 aliphatic heterocycles. The fourth-order valence-electron chi connectivity index (χ4n) is 2.80. The van der Waals surface area contributed by atoms with Gasteiger partial charge in [0.05, 0.1) is 6.42 Å². The average molecular weight is 304 g/mol. The maximum absolute atomic E-state index is 12.6. The van der Waals surface area contributed by atoms with Crippen LogP contribution in [0.15, 0.2) is 24.3 Å². The molecule has 0 aliphatic carbocycles. The van der Waals surface area contributed by atoms with Gasteiger partial charge >= 0.3 is 5.97 Å². The number of carboxylic acid groups (broad SMARTS) is 1. The monoisotopic (exact) mass is 304 g/mol. The zero-order valence-electron chi connectivity index (χ0n) is 13.0. The van der Waals surface area contributed by atoms with Gasteiger partial charge in [-0.3, -0.25) is 9.59 Å². The third-order valence-corrected chi connectivity index (χ3v) is 4.04. The van der Waals surface area contributed by atoms with Crippen LogP contribution in [-0.2, 0) is 4.79 Å². The van der Waals surface area contributed by atoms with E-state index in [9.17, 15) is 9.59 Å². The molecule has 1 aliphatic rings. The summed E-state index contributed by atoms with van der Waals surface area (Å²) in [7, 11) is 0. The Hall–Kier alpha value is -1.72. The Balaban J connectivity index is 2.08. The molecule has 22 heavy (non-hydrogen) atoms. The summed E-state index contributed by atoms with van der Waals surface area (Å²) < 4.78 is 0. The molecule has 0 saturated carbocycles. The number of carboxylic acids is 1. The first-order valence-corrected chi connectivity index (χ1v) is 7.82. The summed E-state index contributed by atoms with van der Waals surface area (Å²) >= 11 is 0. The summed E-state index contributed by atoms with van der Waals surface area (Å²) in [6, 6.07) is 7.36. The number of carbonyl (C=O) groups is 2. The van der Waals surface area contributed by atoms with Gasteiger partial charge in [-0.15, -0.1) is 0 Å². The molecule has 1 saturated heterocycles. The number of rotatable bonds is 6. The van der Waals surface area contributed by atoms with Gasteiger partial charge in [0.1, 0.15) is 0 Å². The van der Waals surface area contributed by atoms with Crippen LogP contribution in [0.3, 0.4) is 0 Å².